The molecule has 0 atom stereocenters. The number of hydrogen-bond donors (Lipinski definition) is 2. The van der Waals surface area contributed by atoms with Crippen molar-refractivity contribution >= 4 is 17.8 Å². The number of fused-ring (bicyclic) bond motifs is 1. The number of aryl methyl sites for hydroxylation is 1. The Bertz CT molecular complexity index is 1380. The van der Waals surface area contributed by atoms with Crippen LogP contribution in [0.5, 0.6) is 11.5 Å². The molecule has 0 spiro atoms. The van der Waals surface area contributed by atoms with Crippen molar-refractivity contribution in [2.75, 3.05) is 0 Å². The van der Waals surface area contributed by atoms with Gasteiger partial charge in [0.25, 0.3) is 0 Å². The summed E-state index contributed by atoms with van der Waals surface area (Å²) in [6.07, 6.45) is 5.06. The number of benzene rings is 3. The van der Waals surface area contributed by atoms with Crippen molar-refractivity contribution in [1.29, 1.82) is 0 Å². The summed E-state index contributed by atoms with van der Waals surface area (Å²) in [5.74, 6) is -1.01. The quantitative estimate of drug-likeness (QED) is 0.265. The van der Waals surface area contributed by atoms with Crippen LogP contribution >= 0.6 is 0 Å². The average Bonchev–Trinajstić information content (AvgIpc) is 2.84. The summed E-state index contributed by atoms with van der Waals surface area (Å²) in [6, 6.07) is 16.3. The Kier molecular flexibility index (Phi) is 7.00. The van der Waals surface area contributed by atoms with Crippen LogP contribution in [0, 0.1) is 6.92 Å². The molecule has 0 bridgehead atoms. The van der Waals surface area contributed by atoms with Crippen molar-refractivity contribution < 1.29 is 24.5 Å². The van der Waals surface area contributed by atoms with E-state index in [2.05, 4.69) is 58.9 Å². The number of carboxylic acids is 1. The smallest absolute Gasteiger partial charge is 0.339 e. The van der Waals surface area contributed by atoms with Crippen LogP contribution in [-0.4, -0.2) is 22.0 Å². The summed E-state index contributed by atoms with van der Waals surface area (Å²) >= 11 is 0. The van der Waals surface area contributed by atoms with Crippen molar-refractivity contribution in [2.24, 2.45) is 0 Å². The van der Waals surface area contributed by atoms with Gasteiger partial charge in [-0.1, -0.05) is 69.7 Å². The van der Waals surface area contributed by atoms with Gasteiger partial charge in [-0.2, -0.15) is 0 Å². The summed E-state index contributed by atoms with van der Waals surface area (Å²) in [4.78, 5) is 24.4. The molecule has 4 rings (SSSR count). The second-order valence-corrected chi connectivity index (χ2v) is 11.2. The third-order valence-corrected chi connectivity index (χ3v) is 7.36. The normalized spacial score (nSPS) is 15.8. The molecule has 0 aliphatic heterocycles. The molecule has 1 aliphatic rings. The lowest BCUT2D eigenvalue weighted by Crippen LogP contribution is -2.34. The Morgan fingerprint density at radius 3 is 2.27 bits per heavy atom. The number of carbonyl (C=O) groups excluding carboxylic acids is 1. The van der Waals surface area contributed by atoms with Gasteiger partial charge in [0.15, 0.2) is 5.78 Å². The largest absolute Gasteiger partial charge is 0.507 e. The van der Waals surface area contributed by atoms with Gasteiger partial charge in [0.2, 0.25) is 0 Å². The first-order chi connectivity index (χ1) is 17.4. The number of carboxylic acid groups (broad SMARTS) is 1. The summed E-state index contributed by atoms with van der Waals surface area (Å²) in [6.45, 7) is 11.3. The van der Waals surface area contributed by atoms with E-state index in [-0.39, 0.29) is 27.9 Å². The number of aromatic hydroxyl groups is 1. The molecule has 2 N–H and O–H groups in total. The SMILES string of the molecule is Cc1ccc(COc2cc(C(=O)C=Cc3ccc(C(=O)O)c(O)c3)cc3c2C(C)(C)CCC3(C)C)cc1. The maximum Gasteiger partial charge on any atom is 0.339 e. The molecular formula is C32H34O5. The fraction of sp³-hybridized carbons (Fsp3) is 0.312. The molecule has 0 radical (unpaired) electrons. The number of ketones is 1. The zero-order valence-corrected chi connectivity index (χ0v) is 22.1. The summed E-state index contributed by atoms with van der Waals surface area (Å²) < 4.78 is 6.40. The number of phenols is 1. The Balaban J connectivity index is 1.71. The van der Waals surface area contributed by atoms with Gasteiger partial charge in [-0.15, -0.1) is 0 Å². The molecule has 3 aromatic carbocycles. The average molecular weight is 499 g/mol. The molecular weight excluding hydrogens is 464 g/mol. The molecule has 5 nitrogen and oxygen atoms in total. The Morgan fingerprint density at radius 1 is 0.946 bits per heavy atom. The van der Waals surface area contributed by atoms with Gasteiger partial charge in [-0.3, -0.25) is 4.79 Å². The molecule has 5 heteroatoms. The van der Waals surface area contributed by atoms with Gasteiger partial charge in [-0.05, 0) is 77.6 Å². The second-order valence-electron chi connectivity index (χ2n) is 11.2. The van der Waals surface area contributed by atoms with Crippen LogP contribution in [-0.2, 0) is 17.4 Å². The maximum atomic E-state index is 13.3. The fourth-order valence-corrected chi connectivity index (χ4v) is 4.93. The molecule has 0 aromatic heterocycles. The molecule has 192 valence electrons. The van der Waals surface area contributed by atoms with Crippen LogP contribution in [0.2, 0.25) is 0 Å². The monoisotopic (exact) mass is 498 g/mol. The number of allylic oxidation sites excluding steroid dienone is 1. The van der Waals surface area contributed by atoms with Crippen LogP contribution in [0.1, 0.15) is 89.1 Å². The van der Waals surface area contributed by atoms with Gasteiger partial charge in [-0.25, -0.2) is 4.79 Å². The van der Waals surface area contributed by atoms with E-state index in [9.17, 15) is 14.7 Å². The van der Waals surface area contributed by atoms with Gasteiger partial charge < -0.3 is 14.9 Å². The third kappa shape index (κ3) is 5.61. The predicted molar refractivity (Wildman–Crippen MR) is 146 cm³/mol. The molecule has 0 fully saturated rings. The second kappa shape index (κ2) is 9.89. The molecule has 0 saturated carbocycles. The van der Waals surface area contributed by atoms with Crippen LogP contribution in [0.25, 0.3) is 6.08 Å². The molecule has 3 aromatic rings. The zero-order valence-electron chi connectivity index (χ0n) is 22.1. The summed E-state index contributed by atoms with van der Waals surface area (Å²) in [5, 5.41) is 19.1. The van der Waals surface area contributed by atoms with Crippen LogP contribution in [0.15, 0.2) is 60.7 Å². The fourth-order valence-electron chi connectivity index (χ4n) is 4.93. The number of carbonyl (C=O) groups is 2. The van der Waals surface area contributed by atoms with Gasteiger partial charge in [0.05, 0.1) is 0 Å². The first kappa shape index (κ1) is 26.2. The van der Waals surface area contributed by atoms with E-state index in [0.717, 1.165) is 35.3 Å². The predicted octanol–water partition coefficient (Wildman–Crippen LogP) is 7.22. The number of hydrogen-bond acceptors (Lipinski definition) is 4. The maximum absolute atomic E-state index is 13.3. The van der Waals surface area contributed by atoms with Gasteiger partial charge in [0.1, 0.15) is 23.7 Å². The van der Waals surface area contributed by atoms with Crippen molar-refractivity contribution in [2.45, 2.75) is 64.9 Å². The van der Waals surface area contributed by atoms with E-state index in [1.165, 1.54) is 23.8 Å². The lowest BCUT2D eigenvalue weighted by molar-refractivity contribution is 0.0693. The van der Waals surface area contributed by atoms with Crippen LogP contribution < -0.4 is 4.74 Å². The van der Waals surface area contributed by atoms with E-state index in [1.54, 1.807) is 12.1 Å². The summed E-state index contributed by atoms with van der Waals surface area (Å²) in [7, 11) is 0. The minimum atomic E-state index is -1.21. The van der Waals surface area contributed by atoms with Crippen LogP contribution in [0.4, 0.5) is 0 Å². The molecule has 0 unspecified atom stereocenters. The van der Waals surface area contributed by atoms with Gasteiger partial charge in [0, 0.05) is 11.1 Å². The third-order valence-electron chi connectivity index (χ3n) is 7.36. The minimum absolute atomic E-state index is 0.0890. The van der Waals surface area contributed by atoms with E-state index < -0.39 is 5.97 Å². The highest BCUT2D eigenvalue weighted by molar-refractivity contribution is 6.07. The zero-order chi connectivity index (χ0) is 27.0. The lowest BCUT2D eigenvalue weighted by atomic mass is 9.62. The highest BCUT2D eigenvalue weighted by atomic mass is 16.5. The first-order valence-corrected chi connectivity index (χ1v) is 12.5. The Hall–Kier alpha value is -3.86. The molecule has 37 heavy (non-hydrogen) atoms. The Morgan fingerprint density at radius 2 is 1.62 bits per heavy atom. The van der Waals surface area contributed by atoms with Crippen molar-refractivity contribution in [3.63, 3.8) is 0 Å². The number of ether oxygens (including phenoxy) is 1. The van der Waals surface area contributed by atoms with E-state index in [4.69, 9.17) is 9.84 Å². The van der Waals surface area contributed by atoms with E-state index in [1.807, 2.05) is 12.1 Å². The highest BCUT2D eigenvalue weighted by Gasteiger charge is 2.40. The molecule has 1 aliphatic carbocycles. The summed E-state index contributed by atoms with van der Waals surface area (Å²) in [5.41, 5.74) is 5.23. The van der Waals surface area contributed by atoms with Crippen molar-refractivity contribution in [3.05, 3.63) is 99.6 Å². The number of rotatable bonds is 7. The Labute approximate surface area is 218 Å². The van der Waals surface area contributed by atoms with Crippen molar-refractivity contribution in [1.82, 2.24) is 0 Å². The lowest BCUT2D eigenvalue weighted by Gasteiger charge is -2.42. The standard InChI is InChI=1S/C32H34O5/c1-20-6-8-22(9-7-20)19-37-28-18-23(17-25-29(28)32(4,5)15-14-31(25,2)3)26(33)13-11-21-10-12-24(30(35)36)27(34)16-21/h6-13,16-18,34H,14-15,19H2,1-5H3,(H,35,36). The van der Waals surface area contributed by atoms with Crippen LogP contribution in [0.3, 0.4) is 0 Å². The minimum Gasteiger partial charge on any atom is -0.507 e. The van der Waals surface area contributed by atoms with Gasteiger partial charge >= 0.3 is 5.97 Å². The van der Waals surface area contributed by atoms with E-state index >= 15 is 0 Å². The topological polar surface area (TPSA) is 83.8 Å². The molecule has 0 heterocycles. The molecule has 0 saturated heterocycles. The molecule has 0 amide bonds. The van der Waals surface area contributed by atoms with E-state index in [0.29, 0.717) is 17.7 Å². The first-order valence-electron chi connectivity index (χ1n) is 12.5. The number of aromatic carboxylic acids is 1. The highest BCUT2D eigenvalue weighted by Crippen LogP contribution is 2.50. The van der Waals surface area contributed by atoms with Crippen molar-refractivity contribution in [3.8, 4) is 11.5 Å².